The van der Waals surface area contributed by atoms with E-state index in [1.807, 2.05) is 0 Å². The van der Waals surface area contributed by atoms with Crippen LogP contribution in [0.25, 0.3) is 0 Å². The lowest BCUT2D eigenvalue weighted by atomic mass is 9.96. The van der Waals surface area contributed by atoms with Crippen LogP contribution < -0.4 is 5.32 Å². The monoisotopic (exact) mass is 335 g/mol. The van der Waals surface area contributed by atoms with E-state index in [1.165, 1.54) is 10.9 Å². The van der Waals surface area contributed by atoms with Crippen LogP contribution >= 0.6 is 23.2 Å². The molecule has 0 bridgehead atoms. The lowest BCUT2D eigenvalue weighted by molar-refractivity contribution is -0.150. The van der Waals surface area contributed by atoms with E-state index in [0.717, 1.165) is 0 Å². The van der Waals surface area contributed by atoms with Crippen LogP contribution in [0.1, 0.15) is 37.2 Å². The van der Waals surface area contributed by atoms with Gasteiger partial charge in [0.15, 0.2) is 0 Å². The minimum Gasteiger partial charge on any atom is -0.464 e. The molecule has 0 radical (unpaired) electrons. The van der Waals surface area contributed by atoms with Gasteiger partial charge in [-0.2, -0.15) is 5.10 Å². The predicted octanol–water partition coefficient (Wildman–Crippen LogP) is 2.06. The van der Waals surface area contributed by atoms with Crippen LogP contribution in [-0.4, -0.2) is 38.6 Å². The van der Waals surface area contributed by atoms with Gasteiger partial charge >= 0.3 is 5.97 Å². The van der Waals surface area contributed by atoms with Crippen LogP contribution in [0.15, 0.2) is 12.3 Å². The van der Waals surface area contributed by atoms with E-state index in [-0.39, 0.29) is 13.0 Å². The first kappa shape index (κ1) is 17.8. The van der Waals surface area contributed by atoms with Crippen molar-refractivity contribution in [3.63, 3.8) is 0 Å². The number of aryl methyl sites for hydroxylation is 1. The Bertz CT molecular complexity index is 505. The van der Waals surface area contributed by atoms with E-state index in [1.54, 1.807) is 27.0 Å². The number of ether oxygens (including phenoxy) is 1. The standard InChI is InChI=1S/C13H19Cl2N3O3/c1-4-21-12(20)13(2,7-5-10(14)15)17-11(19)9-6-8-16-18(9)3/h6,8,10H,4-5,7H2,1-3H3,(H,17,19)/t13-/m0/s1. The van der Waals surface area contributed by atoms with Crippen molar-refractivity contribution in [3.8, 4) is 0 Å². The van der Waals surface area contributed by atoms with Crippen LogP contribution in [0.5, 0.6) is 0 Å². The lowest BCUT2D eigenvalue weighted by Gasteiger charge is -2.28. The number of esters is 1. The molecule has 1 amide bonds. The highest BCUT2D eigenvalue weighted by Crippen LogP contribution is 2.21. The Hall–Kier alpha value is -1.27. The number of hydrogen-bond acceptors (Lipinski definition) is 4. The Balaban J connectivity index is 2.88. The summed E-state index contributed by atoms with van der Waals surface area (Å²) in [5.41, 5.74) is -0.849. The van der Waals surface area contributed by atoms with Crippen LogP contribution in [0.2, 0.25) is 0 Å². The van der Waals surface area contributed by atoms with Gasteiger partial charge in [-0.1, -0.05) is 0 Å². The highest BCUT2D eigenvalue weighted by molar-refractivity contribution is 6.44. The number of amides is 1. The molecule has 0 saturated carbocycles. The van der Waals surface area contributed by atoms with Gasteiger partial charge in [0, 0.05) is 13.2 Å². The Morgan fingerprint density at radius 1 is 1.52 bits per heavy atom. The maximum absolute atomic E-state index is 12.2. The molecule has 1 N–H and O–H groups in total. The third-order valence-corrected chi connectivity index (χ3v) is 3.47. The number of alkyl halides is 2. The topological polar surface area (TPSA) is 73.2 Å². The number of nitrogens with one attached hydrogen (secondary N) is 1. The van der Waals surface area contributed by atoms with Crippen LogP contribution in [-0.2, 0) is 16.6 Å². The van der Waals surface area contributed by atoms with E-state index >= 15 is 0 Å². The first-order chi connectivity index (χ1) is 9.80. The zero-order valence-corrected chi connectivity index (χ0v) is 13.7. The van der Waals surface area contributed by atoms with Crippen molar-refractivity contribution >= 4 is 35.1 Å². The fourth-order valence-electron chi connectivity index (χ4n) is 1.82. The fourth-order valence-corrected chi connectivity index (χ4v) is 2.03. The van der Waals surface area contributed by atoms with E-state index in [9.17, 15) is 9.59 Å². The SMILES string of the molecule is CCOC(=O)[C@](C)(CCC(Cl)Cl)NC(=O)c1ccnn1C. The third kappa shape index (κ3) is 4.89. The van der Waals surface area contributed by atoms with Gasteiger partial charge in [0.1, 0.15) is 16.1 Å². The average molecular weight is 336 g/mol. The molecular weight excluding hydrogens is 317 g/mol. The number of hydrogen-bond donors (Lipinski definition) is 1. The zero-order valence-electron chi connectivity index (χ0n) is 12.2. The molecule has 1 rings (SSSR count). The van der Waals surface area contributed by atoms with Gasteiger partial charge in [-0.3, -0.25) is 9.48 Å². The van der Waals surface area contributed by atoms with Crippen LogP contribution in [0, 0.1) is 0 Å². The molecule has 0 spiro atoms. The molecule has 1 aromatic rings. The summed E-state index contributed by atoms with van der Waals surface area (Å²) in [4.78, 5) is 23.8. The van der Waals surface area contributed by atoms with Crippen molar-refractivity contribution in [1.82, 2.24) is 15.1 Å². The molecule has 118 valence electrons. The largest absolute Gasteiger partial charge is 0.464 e. The summed E-state index contributed by atoms with van der Waals surface area (Å²) in [6.45, 7) is 3.52. The highest BCUT2D eigenvalue weighted by atomic mass is 35.5. The fraction of sp³-hybridized carbons (Fsp3) is 0.615. The zero-order chi connectivity index (χ0) is 16.0. The van der Waals surface area contributed by atoms with E-state index < -0.39 is 22.3 Å². The number of rotatable bonds is 7. The second kappa shape index (κ2) is 7.66. The molecule has 0 aliphatic heterocycles. The highest BCUT2D eigenvalue weighted by Gasteiger charge is 2.37. The van der Waals surface area contributed by atoms with Crippen molar-refractivity contribution in [2.45, 2.75) is 37.1 Å². The molecule has 1 aromatic heterocycles. The summed E-state index contributed by atoms with van der Waals surface area (Å²) in [5, 5.41) is 6.61. The number of carbonyl (C=O) groups excluding carboxylic acids is 2. The lowest BCUT2D eigenvalue weighted by Crippen LogP contribution is -2.53. The first-order valence-corrected chi connectivity index (χ1v) is 7.43. The quantitative estimate of drug-likeness (QED) is 0.611. The van der Waals surface area contributed by atoms with Gasteiger partial charge in [-0.25, -0.2) is 4.79 Å². The Morgan fingerprint density at radius 2 is 2.19 bits per heavy atom. The Morgan fingerprint density at radius 3 is 2.67 bits per heavy atom. The van der Waals surface area contributed by atoms with Gasteiger partial charge in [-0.05, 0) is 32.8 Å². The van der Waals surface area contributed by atoms with Gasteiger partial charge in [-0.15, -0.1) is 23.2 Å². The van der Waals surface area contributed by atoms with E-state index in [4.69, 9.17) is 27.9 Å². The molecule has 21 heavy (non-hydrogen) atoms. The molecule has 1 heterocycles. The summed E-state index contributed by atoms with van der Waals surface area (Å²) in [7, 11) is 1.64. The molecule has 6 nitrogen and oxygen atoms in total. The van der Waals surface area contributed by atoms with Crippen molar-refractivity contribution in [1.29, 1.82) is 0 Å². The van der Waals surface area contributed by atoms with Crippen molar-refractivity contribution in [2.75, 3.05) is 6.61 Å². The number of halogens is 2. The minimum atomic E-state index is -1.20. The van der Waals surface area contributed by atoms with Crippen molar-refractivity contribution in [3.05, 3.63) is 18.0 Å². The molecule has 0 aliphatic rings. The van der Waals surface area contributed by atoms with Crippen LogP contribution in [0.4, 0.5) is 0 Å². The molecular formula is C13H19Cl2N3O3. The van der Waals surface area contributed by atoms with E-state index in [2.05, 4.69) is 10.4 Å². The van der Waals surface area contributed by atoms with Crippen molar-refractivity contribution in [2.24, 2.45) is 7.05 Å². The maximum atomic E-state index is 12.2. The molecule has 8 heteroatoms. The normalized spacial score (nSPS) is 13.8. The molecule has 0 fully saturated rings. The maximum Gasteiger partial charge on any atom is 0.331 e. The van der Waals surface area contributed by atoms with Crippen molar-refractivity contribution < 1.29 is 14.3 Å². The second-order valence-corrected chi connectivity index (χ2v) is 6.05. The van der Waals surface area contributed by atoms with Gasteiger partial charge in [0.2, 0.25) is 0 Å². The minimum absolute atomic E-state index is 0.223. The Kier molecular flexibility index (Phi) is 6.48. The molecule has 0 saturated heterocycles. The van der Waals surface area contributed by atoms with Crippen LogP contribution in [0.3, 0.4) is 0 Å². The molecule has 0 aromatic carbocycles. The first-order valence-electron chi connectivity index (χ1n) is 6.56. The molecule has 0 aliphatic carbocycles. The molecule has 0 unspecified atom stereocenters. The third-order valence-electron chi connectivity index (χ3n) is 3.03. The average Bonchev–Trinajstić information content (AvgIpc) is 2.83. The Labute approximate surface area is 133 Å². The summed E-state index contributed by atoms with van der Waals surface area (Å²) < 4.78 is 6.45. The summed E-state index contributed by atoms with van der Waals surface area (Å²) in [5.74, 6) is -0.930. The predicted molar refractivity (Wildman–Crippen MR) is 80.4 cm³/mol. The summed E-state index contributed by atoms with van der Waals surface area (Å²) >= 11 is 11.4. The second-order valence-electron chi connectivity index (χ2n) is 4.78. The van der Waals surface area contributed by atoms with Gasteiger partial charge in [0.25, 0.3) is 5.91 Å². The molecule has 1 atom stereocenters. The smallest absolute Gasteiger partial charge is 0.331 e. The van der Waals surface area contributed by atoms with Gasteiger partial charge in [0.05, 0.1) is 6.61 Å². The van der Waals surface area contributed by atoms with E-state index in [0.29, 0.717) is 12.1 Å². The summed E-state index contributed by atoms with van der Waals surface area (Å²) in [6.07, 6.45) is 2.13. The number of nitrogens with zero attached hydrogens (tertiary/aromatic N) is 2. The van der Waals surface area contributed by atoms with Gasteiger partial charge < -0.3 is 10.1 Å². The summed E-state index contributed by atoms with van der Waals surface area (Å²) in [6, 6.07) is 1.56. The number of carbonyl (C=O) groups is 2. The number of aromatic nitrogens is 2.